The van der Waals surface area contributed by atoms with Crippen molar-refractivity contribution in [2.24, 2.45) is 0 Å². The Hall–Kier alpha value is -2.26. The smallest absolute Gasteiger partial charge is 0.245 e. The molecule has 4 rings (SSSR count). The fraction of sp³-hybridized carbons (Fsp3) is 0.429. The van der Waals surface area contributed by atoms with E-state index in [-0.39, 0.29) is 6.04 Å². The maximum Gasteiger partial charge on any atom is 0.245 e. The third kappa shape index (κ3) is 2.84. The Morgan fingerprint density at radius 2 is 2.22 bits per heavy atom. The van der Waals surface area contributed by atoms with Gasteiger partial charge in [0, 0.05) is 18.5 Å². The molecule has 120 valence electrons. The third-order valence-electron chi connectivity index (χ3n) is 3.89. The van der Waals surface area contributed by atoms with Crippen molar-refractivity contribution in [1.82, 2.24) is 20.3 Å². The van der Waals surface area contributed by atoms with Gasteiger partial charge in [-0.05, 0) is 28.2 Å². The molecule has 8 nitrogen and oxygen atoms in total. The van der Waals surface area contributed by atoms with E-state index in [0.29, 0.717) is 30.3 Å². The van der Waals surface area contributed by atoms with E-state index in [0.717, 1.165) is 18.8 Å². The summed E-state index contributed by atoms with van der Waals surface area (Å²) in [5.74, 6) is 1.41. The average Bonchev–Trinajstić information content (AvgIpc) is 3.33. The summed E-state index contributed by atoms with van der Waals surface area (Å²) in [6.45, 7) is 2.15. The van der Waals surface area contributed by atoms with Gasteiger partial charge in [0.15, 0.2) is 11.6 Å². The lowest BCUT2D eigenvalue weighted by Crippen LogP contribution is -2.33. The molecule has 1 saturated heterocycles. The molecule has 1 N–H and O–H groups in total. The van der Waals surface area contributed by atoms with Crippen LogP contribution in [0.25, 0.3) is 11.3 Å². The summed E-state index contributed by atoms with van der Waals surface area (Å²) in [7, 11) is 2.00. The number of hydrogen-bond acceptors (Lipinski definition) is 9. The number of hydrogen-bond donors (Lipinski definition) is 1. The molecule has 4 heterocycles. The predicted octanol–water partition coefficient (Wildman–Crippen LogP) is 1.91. The molecule has 1 atom stereocenters. The number of aromatic nitrogens is 4. The summed E-state index contributed by atoms with van der Waals surface area (Å²) >= 11 is 1.70. The quantitative estimate of drug-likeness (QED) is 0.758. The van der Waals surface area contributed by atoms with Gasteiger partial charge in [0.05, 0.1) is 19.2 Å². The highest BCUT2D eigenvalue weighted by Crippen LogP contribution is 2.27. The van der Waals surface area contributed by atoms with Gasteiger partial charge in [-0.1, -0.05) is 6.07 Å². The Morgan fingerprint density at radius 1 is 1.35 bits per heavy atom. The number of nitrogens with zero attached hydrogens (tertiary/aromatic N) is 5. The molecule has 9 heteroatoms. The standard InChI is InChI=1S/C14H16N6O2S/c1-20(9-4-5-21-8-9)14-13(15-7-10-3-2-6-23-10)16-11-12(17-14)19-22-18-11/h2-3,6,9H,4-5,7-8H2,1H3,(H,15,16,18). The Bertz CT molecular complexity index is 784. The van der Waals surface area contributed by atoms with Crippen molar-refractivity contribution >= 4 is 34.3 Å². The predicted molar refractivity (Wildman–Crippen MR) is 86.7 cm³/mol. The molecule has 23 heavy (non-hydrogen) atoms. The molecule has 0 radical (unpaired) electrons. The van der Waals surface area contributed by atoms with Crippen LogP contribution in [0.4, 0.5) is 11.6 Å². The first-order valence-electron chi connectivity index (χ1n) is 7.38. The van der Waals surface area contributed by atoms with Crippen molar-refractivity contribution in [1.29, 1.82) is 0 Å². The molecule has 1 aliphatic heterocycles. The maximum atomic E-state index is 5.48. The molecule has 0 aromatic carbocycles. The van der Waals surface area contributed by atoms with Gasteiger partial charge in [-0.15, -0.1) is 11.3 Å². The van der Waals surface area contributed by atoms with E-state index < -0.39 is 0 Å². The lowest BCUT2D eigenvalue weighted by Gasteiger charge is -2.25. The van der Waals surface area contributed by atoms with Crippen LogP contribution in [-0.4, -0.2) is 46.6 Å². The second kappa shape index (κ2) is 6.09. The number of likely N-dealkylation sites (N-methyl/N-ethyl adjacent to an activating group) is 1. The van der Waals surface area contributed by atoms with Crippen LogP contribution in [0, 0.1) is 0 Å². The van der Waals surface area contributed by atoms with E-state index in [4.69, 9.17) is 9.37 Å². The molecule has 0 aliphatic carbocycles. The number of fused-ring (bicyclic) bond motifs is 1. The monoisotopic (exact) mass is 332 g/mol. The van der Waals surface area contributed by atoms with Crippen molar-refractivity contribution in [2.75, 3.05) is 30.5 Å². The SMILES string of the molecule is CN(c1nc2nonc2nc1NCc1cccs1)C1CCOC1. The van der Waals surface area contributed by atoms with Gasteiger partial charge in [-0.3, -0.25) is 0 Å². The zero-order valence-electron chi connectivity index (χ0n) is 12.6. The fourth-order valence-electron chi connectivity index (χ4n) is 2.58. The highest BCUT2D eigenvalue weighted by Gasteiger charge is 2.25. The van der Waals surface area contributed by atoms with Gasteiger partial charge in [0.2, 0.25) is 11.3 Å². The van der Waals surface area contributed by atoms with Crippen molar-refractivity contribution < 1.29 is 9.37 Å². The van der Waals surface area contributed by atoms with Gasteiger partial charge >= 0.3 is 0 Å². The van der Waals surface area contributed by atoms with Crippen LogP contribution in [-0.2, 0) is 11.3 Å². The van der Waals surface area contributed by atoms with Crippen LogP contribution in [0.5, 0.6) is 0 Å². The number of ether oxygens (including phenoxy) is 1. The Labute approximate surface area is 136 Å². The minimum atomic E-state index is 0.281. The molecule has 1 unspecified atom stereocenters. The average molecular weight is 332 g/mol. The first kappa shape index (κ1) is 14.3. The van der Waals surface area contributed by atoms with Gasteiger partial charge in [-0.2, -0.15) is 0 Å². The lowest BCUT2D eigenvalue weighted by atomic mass is 10.2. The Kier molecular flexibility index (Phi) is 3.80. The van der Waals surface area contributed by atoms with Gasteiger partial charge in [0.1, 0.15) is 0 Å². The highest BCUT2D eigenvalue weighted by atomic mass is 32.1. The molecule has 0 spiro atoms. The summed E-state index contributed by atoms with van der Waals surface area (Å²) in [5, 5.41) is 13.0. The van der Waals surface area contributed by atoms with Crippen LogP contribution in [0.3, 0.4) is 0 Å². The van der Waals surface area contributed by atoms with Crippen LogP contribution < -0.4 is 10.2 Å². The molecular weight excluding hydrogens is 316 g/mol. The Morgan fingerprint density at radius 3 is 2.96 bits per heavy atom. The highest BCUT2D eigenvalue weighted by molar-refractivity contribution is 7.09. The zero-order valence-corrected chi connectivity index (χ0v) is 13.4. The van der Waals surface area contributed by atoms with Crippen LogP contribution in [0.15, 0.2) is 22.1 Å². The summed E-state index contributed by atoms with van der Waals surface area (Å²) < 4.78 is 10.2. The van der Waals surface area contributed by atoms with Crippen molar-refractivity contribution in [2.45, 2.75) is 19.0 Å². The molecular formula is C14H16N6O2S. The molecule has 0 amide bonds. The molecule has 3 aromatic heterocycles. The molecule has 0 bridgehead atoms. The topological polar surface area (TPSA) is 89.2 Å². The summed E-state index contributed by atoms with van der Waals surface area (Å²) in [4.78, 5) is 12.4. The largest absolute Gasteiger partial charge is 0.379 e. The van der Waals surface area contributed by atoms with Gasteiger partial charge < -0.3 is 15.0 Å². The van der Waals surface area contributed by atoms with Gasteiger partial charge in [0.25, 0.3) is 0 Å². The first-order valence-corrected chi connectivity index (χ1v) is 8.26. The number of rotatable bonds is 5. The van der Waals surface area contributed by atoms with Crippen LogP contribution >= 0.6 is 11.3 Å². The summed E-state index contributed by atoms with van der Waals surface area (Å²) in [6, 6.07) is 4.39. The van der Waals surface area contributed by atoms with Crippen LogP contribution in [0.1, 0.15) is 11.3 Å². The second-order valence-electron chi connectivity index (χ2n) is 5.37. The molecule has 1 fully saturated rings. The number of nitrogens with one attached hydrogen (secondary N) is 1. The van der Waals surface area contributed by atoms with Crippen molar-refractivity contribution in [3.05, 3.63) is 22.4 Å². The maximum absolute atomic E-state index is 5.48. The van der Waals surface area contributed by atoms with Gasteiger partial charge in [-0.25, -0.2) is 14.6 Å². The normalized spacial score (nSPS) is 17.7. The first-order chi connectivity index (χ1) is 11.3. The molecule has 3 aromatic rings. The minimum Gasteiger partial charge on any atom is -0.379 e. The number of anilines is 2. The summed E-state index contributed by atoms with van der Waals surface area (Å²) in [5.41, 5.74) is 0.811. The Balaban J connectivity index is 1.66. The number of thiophene rings is 1. The van der Waals surface area contributed by atoms with E-state index in [1.807, 2.05) is 13.1 Å². The van der Waals surface area contributed by atoms with E-state index in [1.54, 1.807) is 11.3 Å². The van der Waals surface area contributed by atoms with E-state index in [2.05, 4.69) is 41.9 Å². The van der Waals surface area contributed by atoms with Crippen LogP contribution in [0.2, 0.25) is 0 Å². The minimum absolute atomic E-state index is 0.281. The lowest BCUT2D eigenvalue weighted by molar-refractivity contribution is 0.193. The molecule has 0 saturated carbocycles. The second-order valence-corrected chi connectivity index (χ2v) is 6.40. The van der Waals surface area contributed by atoms with E-state index in [1.165, 1.54) is 4.88 Å². The van der Waals surface area contributed by atoms with E-state index in [9.17, 15) is 0 Å². The summed E-state index contributed by atoms with van der Waals surface area (Å²) in [6.07, 6.45) is 0.970. The van der Waals surface area contributed by atoms with E-state index >= 15 is 0 Å². The molecule has 1 aliphatic rings. The van der Waals surface area contributed by atoms with Crippen molar-refractivity contribution in [3.8, 4) is 0 Å². The zero-order chi connectivity index (χ0) is 15.6. The van der Waals surface area contributed by atoms with Crippen molar-refractivity contribution in [3.63, 3.8) is 0 Å². The third-order valence-corrected chi connectivity index (χ3v) is 4.77. The fourth-order valence-corrected chi connectivity index (χ4v) is 3.22.